The summed E-state index contributed by atoms with van der Waals surface area (Å²) in [6.07, 6.45) is 7.74. The monoisotopic (exact) mass is 388 g/mol. The van der Waals surface area contributed by atoms with Crippen molar-refractivity contribution < 1.29 is 14.3 Å². The Morgan fingerprint density at radius 3 is 2.29 bits per heavy atom. The molecule has 5 rings (SSSR count). The van der Waals surface area contributed by atoms with Crippen molar-refractivity contribution in [2.75, 3.05) is 7.11 Å². The van der Waals surface area contributed by atoms with Crippen molar-refractivity contribution in [1.29, 1.82) is 0 Å². The van der Waals surface area contributed by atoms with E-state index >= 15 is 0 Å². The van der Waals surface area contributed by atoms with E-state index in [0.717, 1.165) is 27.9 Å². The highest BCUT2D eigenvalue weighted by molar-refractivity contribution is 9.10. The van der Waals surface area contributed by atoms with E-state index in [1.165, 1.54) is 0 Å². The number of amides is 2. The number of ether oxygens (including phenoxy) is 1. The summed E-state index contributed by atoms with van der Waals surface area (Å²) in [4.78, 5) is 25.3. The summed E-state index contributed by atoms with van der Waals surface area (Å²) < 4.78 is 5.99. The fourth-order valence-corrected chi connectivity index (χ4v) is 4.62. The zero-order valence-corrected chi connectivity index (χ0v) is 14.8. The van der Waals surface area contributed by atoms with Gasteiger partial charge in [0.1, 0.15) is 5.75 Å². The zero-order valence-electron chi connectivity index (χ0n) is 13.2. The van der Waals surface area contributed by atoms with E-state index in [2.05, 4.69) is 33.2 Å². The van der Waals surface area contributed by atoms with Crippen LogP contribution in [0.4, 0.5) is 0 Å². The van der Waals surface area contributed by atoms with Crippen LogP contribution in [0.15, 0.2) is 39.9 Å². The van der Waals surface area contributed by atoms with Gasteiger partial charge in [0.15, 0.2) is 0 Å². The van der Waals surface area contributed by atoms with Gasteiger partial charge in [0.2, 0.25) is 0 Å². The Labute approximate surface area is 148 Å². The number of rotatable bonds is 3. The largest absolute Gasteiger partial charge is 0.496 e. The molecule has 1 saturated heterocycles. The molecule has 1 saturated carbocycles. The van der Waals surface area contributed by atoms with E-state index in [1.54, 1.807) is 13.3 Å². The predicted molar refractivity (Wildman–Crippen MR) is 92.5 cm³/mol. The molecule has 0 spiro atoms. The van der Waals surface area contributed by atoms with E-state index in [0.29, 0.717) is 5.75 Å². The summed E-state index contributed by atoms with van der Waals surface area (Å²) >= 11 is 3.42. The van der Waals surface area contributed by atoms with Crippen LogP contribution in [0.1, 0.15) is 18.4 Å². The van der Waals surface area contributed by atoms with E-state index in [9.17, 15) is 9.59 Å². The molecule has 2 amide bonds. The Balaban J connectivity index is 1.58. The molecule has 2 bridgehead atoms. The Bertz CT molecular complexity index is 742. The molecule has 4 aliphatic rings. The van der Waals surface area contributed by atoms with Gasteiger partial charge >= 0.3 is 0 Å². The zero-order chi connectivity index (χ0) is 16.8. The molecule has 2 fully saturated rings. The molecular formula is C18H17BrN2O3. The number of carbonyl (C=O) groups excluding carboxylic acids is 2. The van der Waals surface area contributed by atoms with Gasteiger partial charge < -0.3 is 4.74 Å². The lowest BCUT2D eigenvalue weighted by Crippen LogP contribution is -2.38. The molecule has 5 nitrogen and oxygen atoms in total. The molecule has 0 unspecified atom stereocenters. The number of hydrazone groups is 1. The standard InChI is InChI=1S/C18H17BrN2O3/c1-24-14-7-2-10(8-13(14)19)9-20-21-17(22)15-11-3-4-12(6-5-11)16(15)18(21)23/h2-4,7-9,11-12,15-16H,5-6H2,1H3/b20-9-/t11-,12-,15-,16+/m1/s1. The van der Waals surface area contributed by atoms with Crippen LogP contribution in [0.25, 0.3) is 0 Å². The van der Waals surface area contributed by atoms with E-state index in [-0.39, 0.29) is 35.5 Å². The van der Waals surface area contributed by atoms with Crippen molar-refractivity contribution in [3.05, 3.63) is 40.4 Å². The Morgan fingerprint density at radius 2 is 1.79 bits per heavy atom. The molecule has 0 N–H and O–H groups in total. The third-order valence-electron chi connectivity index (χ3n) is 5.23. The van der Waals surface area contributed by atoms with E-state index in [1.807, 2.05) is 18.2 Å². The maximum Gasteiger partial charge on any atom is 0.254 e. The van der Waals surface area contributed by atoms with Gasteiger partial charge in [-0.25, -0.2) is 0 Å². The number of methoxy groups -OCH3 is 1. The highest BCUT2D eigenvalue weighted by Gasteiger charge is 2.56. The third kappa shape index (κ3) is 2.32. The first-order chi connectivity index (χ1) is 11.6. The highest BCUT2D eigenvalue weighted by Crippen LogP contribution is 2.49. The molecule has 3 aliphatic carbocycles. The third-order valence-corrected chi connectivity index (χ3v) is 5.85. The molecule has 124 valence electrons. The van der Waals surface area contributed by atoms with Gasteiger partial charge in [0, 0.05) is 0 Å². The highest BCUT2D eigenvalue weighted by atomic mass is 79.9. The molecule has 6 heteroatoms. The summed E-state index contributed by atoms with van der Waals surface area (Å²) in [5.41, 5.74) is 0.791. The molecule has 24 heavy (non-hydrogen) atoms. The number of hydrogen-bond donors (Lipinski definition) is 0. The second kappa shape index (κ2) is 5.84. The number of halogens is 1. The first kappa shape index (κ1) is 15.6. The van der Waals surface area contributed by atoms with Crippen molar-refractivity contribution in [1.82, 2.24) is 5.01 Å². The Kier molecular flexibility index (Phi) is 3.79. The predicted octanol–water partition coefficient (Wildman–Crippen LogP) is 2.99. The first-order valence-corrected chi connectivity index (χ1v) is 8.83. The molecule has 0 aromatic heterocycles. The molecule has 0 radical (unpaired) electrons. The van der Waals surface area contributed by atoms with Gasteiger partial charge in [-0.1, -0.05) is 12.2 Å². The average molecular weight is 389 g/mol. The van der Waals surface area contributed by atoms with Gasteiger partial charge in [0.05, 0.1) is 29.6 Å². The topological polar surface area (TPSA) is 59.0 Å². The number of nitrogens with zero attached hydrogens (tertiary/aromatic N) is 2. The number of carbonyl (C=O) groups is 2. The molecule has 1 heterocycles. The van der Waals surface area contributed by atoms with Crippen LogP contribution < -0.4 is 4.74 Å². The normalized spacial score (nSPS) is 31.2. The van der Waals surface area contributed by atoms with Crippen molar-refractivity contribution in [3.8, 4) is 5.75 Å². The van der Waals surface area contributed by atoms with Crippen molar-refractivity contribution in [2.24, 2.45) is 28.8 Å². The van der Waals surface area contributed by atoms with Gasteiger partial charge in [-0.05, 0) is 64.4 Å². The second-order valence-corrected chi connectivity index (χ2v) is 7.32. The SMILES string of the molecule is COc1ccc(/C=N\N2C(=O)[C@@H]3[C@H](C2=O)[C@@H]2C=C[C@@H]3CC2)cc1Br. The molecular weight excluding hydrogens is 372 g/mol. The van der Waals surface area contributed by atoms with Crippen molar-refractivity contribution in [3.63, 3.8) is 0 Å². The summed E-state index contributed by atoms with van der Waals surface area (Å²) in [7, 11) is 1.60. The minimum atomic E-state index is -0.221. The Hall–Kier alpha value is -1.95. The van der Waals surface area contributed by atoms with Crippen LogP contribution in [-0.2, 0) is 9.59 Å². The average Bonchev–Trinajstić information content (AvgIpc) is 2.87. The summed E-state index contributed by atoms with van der Waals surface area (Å²) in [5.74, 6) is 0.329. The Morgan fingerprint density at radius 1 is 1.17 bits per heavy atom. The summed E-state index contributed by atoms with van der Waals surface area (Å²) in [5, 5.41) is 5.27. The van der Waals surface area contributed by atoms with Crippen LogP contribution in [-0.4, -0.2) is 30.1 Å². The van der Waals surface area contributed by atoms with Crippen LogP contribution in [0.2, 0.25) is 0 Å². The van der Waals surface area contributed by atoms with Crippen molar-refractivity contribution in [2.45, 2.75) is 12.8 Å². The molecule has 1 aromatic rings. The minimum Gasteiger partial charge on any atom is -0.496 e. The van der Waals surface area contributed by atoms with Crippen LogP contribution in [0.3, 0.4) is 0 Å². The number of allylic oxidation sites excluding steroid dienone is 2. The van der Waals surface area contributed by atoms with Crippen molar-refractivity contribution >= 4 is 34.0 Å². The molecule has 4 atom stereocenters. The summed E-state index contributed by atoms with van der Waals surface area (Å²) in [6, 6.07) is 5.48. The quantitative estimate of drug-likeness (QED) is 0.454. The van der Waals surface area contributed by atoms with Crippen LogP contribution >= 0.6 is 15.9 Å². The molecule has 1 aromatic carbocycles. The van der Waals surface area contributed by atoms with Gasteiger partial charge in [-0.15, -0.1) is 0 Å². The van der Waals surface area contributed by atoms with E-state index in [4.69, 9.17) is 4.74 Å². The van der Waals surface area contributed by atoms with Gasteiger partial charge in [-0.2, -0.15) is 10.1 Å². The fourth-order valence-electron chi connectivity index (χ4n) is 4.06. The fraction of sp³-hybridized carbons (Fsp3) is 0.389. The van der Waals surface area contributed by atoms with Crippen LogP contribution in [0.5, 0.6) is 5.75 Å². The lowest BCUT2D eigenvalue weighted by atomic mass is 9.63. The smallest absolute Gasteiger partial charge is 0.254 e. The second-order valence-electron chi connectivity index (χ2n) is 6.47. The first-order valence-electron chi connectivity index (χ1n) is 8.04. The van der Waals surface area contributed by atoms with Gasteiger partial charge in [0.25, 0.3) is 11.8 Å². The number of imide groups is 1. The number of benzene rings is 1. The maximum absolute atomic E-state index is 12.7. The van der Waals surface area contributed by atoms with Crippen LogP contribution in [0, 0.1) is 23.7 Å². The minimum absolute atomic E-state index is 0.159. The lowest BCUT2D eigenvalue weighted by Gasteiger charge is -2.37. The lowest BCUT2D eigenvalue weighted by molar-refractivity contribution is -0.140. The number of hydrogen-bond acceptors (Lipinski definition) is 4. The number of fused-ring (bicyclic) bond motifs is 1. The summed E-state index contributed by atoms with van der Waals surface area (Å²) in [6.45, 7) is 0. The maximum atomic E-state index is 12.7. The van der Waals surface area contributed by atoms with E-state index < -0.39 is 0 Å². The molecule has 1 aliphatic heterocycles. The van der Waals surface area contributed by atoms with Gasteiger partial charge in [-0.3, -0.25) is 9.59 Å².